The molecular formula is C15H21N3. The standard InChI is InChI=1S/C15H21N3/c1-3-8-16-9-10-17-15-11-12(2)18-14-7-5-4-6-13(14)15/h4-7,11,16H,3,8-10H2,1-2H3,(H,17,18). The molecule has 96 valence electrons. The first-order chi connectivity index (χ1) is 8.81. The summed E-state index contributed by atoms with van der Waals surface area (Å²) in [5.74, 6) is 0. The van der Waals surface area contributed by atoms with Crippen molar-refractivity contribution in [3.63, 3.8) is 0 Å². The lowest BCUT2D eigenvalue weighted by Crippen LogP contribution is -2.22. The van der Waals surface area contributed by atoms with E-state index < -0.39 is 0 Å². The summed E-state index contributed by atoms with van der Waals surface area (Å²) in [5.41, 5.74) is 3.29. The number of nitrogens with zero attached hydrogens (tertiary/aromatic N) is 1. The average molecular weight is 243 g/mol. The maximum Gasteiger partial charge on any atom is 0.0725 e. The molecule has 0 atom stereocenters. The molecule has 2 rings (SSSR count). The lowest BCUT2D eigenvalue weighted by Gasteiger charge is -2.11. The van der Waals surface area contributed by atoms with E-state index in [9.17, 15) is 0 Å². The fraction of sp³-hybridized carbons (Fsp3) is 0.400. The average Bonchev–Trinajstić information content (AvgIpc) is 2.38. The summed E-state index contributed by atoms with van der Waals surface area (Å²) in [5, 5.41) is 8.07. The van der Waals surface area contributed by atoms with Crippen molar-refractivity contribution in [1.82, 2.24) is 10.3 Å². The summed E-state index contributed by atoms with van der Waals surface area (Å²) in [6, 6.07) is 10.4. The minimum atomic E-state index is 0.938. The van der Waals surface area contributed by atoms with Crippen LogP contribution in [0.4, 0.5) is 5.69 Å². The highest BCUT2D eigenvalue weighted by Gasteiger charge is 2.02. The molecule has 0 fully saturated rings. The lowest BCUT2D eigenvalue weighted by atomic mass is 10.1. The first kappa shape index (κ1) is 12.8. The summed E-state index contributed by atoms with van der Waals surface area (Å²) in [4.78, 5) is 4.54. The predicted octanol–water partition coefficient (Wildman–Crippen LogP) is 2.95. The lowest BCUT2D eigenvalue weighted by molar-refractivity contribution is 0.688. The van der Waals surface area contributed by atoms with Gasteiger partial charge in [-0.05, 0) is 32.0 Å². The maximum absolute atomic E-state index is 4.54. The molecule has 0 amide bonds. The number of pyridine rings is 1. The number of fused-ring (bicyclic) bond motifs is 1. The number of nitrogens with one attached hydrogen (secondary N) is 2. The van der Waals surface area contributed by atoms with Crippen molar-refractivity contribution in [2.75, 3.05) is 25.0 Å². The molecule has 0 aliphatic heterocycles. The molecule has 0 aliphatic carbocycles. The van der Waals surface area contributed by atoms with Gasteiger partial charge in [0.2, 0.25) is 0 Å². The molecule has 0 saturated carbocycles. The maximum atomic E-state index is 4.54. The zero-order valence-electron chi connectivity index (χ0n) is 11.2. The molecule has 1 heterocycles. The van der Waals surface area contributed by atoms with Gasteiger partial charge in [0.15, 0.2) is 0 Å². The molecule has 0 saturated heterocycles. The van der Waals surface area contributed by atoms with Gasteiger partial charge in [0.25, 0.3) is 0 Å². The van der Waals surface area contributed by atoms with Crippen molar-refractivity contribution in [1.29, 1.82) is 0 Å². The second kappa shape index (κ2) is 6.36. The fourth-order valence-electron chi connectivity index (χ4n) is 2.04. The Morgan fingerprint density at radius 1 is 1.11 bits per heavy atom. The number of anilines is 1. The van der Waals surface area contributed by atoms with Crippen LogP contribution in [0.25, 0.3) is 10.9 Å². The minimum absolute atomic E-state index is 0.938. The van der Waals surface area contributed by atoms with Gasteiger partial charge in [-0.1, -0.05) is 25.1 Å². The van der Waals surface area contributed by atoms with Crippen LogP contribution >= 0.6 is 0 Å². The monoisotopic (exact) mass is 243 g/mol. The quantitative estimate of drug-likeness (QED) is 0.766. The van der Waals surface area contributed by atoms with E-state index in [0.29, 0.717) is 0 Å². The molecule has 0 spiro atoms. The smallest absolute Gasteiger partial charge is 0.0725 e. The first-order valence-electron chi connectivity index (χ1n) is 6.62. The van der Waals surface area contributed by atoms with Gasteiger partial charge in [-0.2, -0.15) is 0 Å². The minimum Gasteiger partial charge on any atom is -0.383 e. The third-order valence-electron chi connectivity index (χ3n) is 2.89. The molecule has 3 heteroatoms. The number of aryl methyl sites for hydroxylation is 1. The normalized spacial score (nSPS) is 10.8. The zero-order chi connectivity index (χ0) is 12.8. The molecule has 0 aliphatic rings. The third-order valence-corrected chi connectivity index (χ3v) is 2.89. The van der Waals surface area contributed by atoms with Crippen molar-refractivity contribution in [2.45, 2.75) is 20.3 Å². The van der Waals surface area contributed by atoms with Crippen LogP contribution in [0.3, 0.4) is 0 Å². The van der Waals surface area contributed by atoms with Crippen molar-refractivity contribution in [2.24, 2.45) is 0 Å². The van der Waals surface area contributed by atoms with Crippen molar-refractivity contribution >= 4 is 16.6 Å². The Labute approximate surface area is 109 Å². The number of hydrogen-bond donors (Lipinski definition) is 2. The van der Waals surface area contributed by atoms with E-state index in [1.165, 1.54) is 17.5 Å². The van der Waals surface area contributed by atoms with Crippen LogP contribution < -0.4 is 10.6 Å². The Bertz CT molecular complexity index is 508. The molecule has 0 radical (unpaired) electrons. The third kappa shape index (κ3) is 3.20. The van der Waals surface area contributed by atoms with Gasteiger partial charge in [-0.15, -0.1) is 0 Å². The summed E-state index contributed by atoms with van der Waals surface area (Å²) in [6.45, 7) is 7.22. The van der Waals surface area contributed by atoms with E-state index in [4.69, 9.17) is 0 Å². The Morgan fingerprint density at radius 3 is 2.78 bits per heavy atom. The van der Waals surface area contributed by atoms with Gasteiger partial charge in [0.05, 0.1) is 5.52 Å². The van der Waals surface area contributed by atoms with Crippen LogP contribution in [0.5, 0.6) is 0 Å². The Kier molecular flexibility index (Phi) is 4.53. The Hall–Kier alpha value is -1.61. The largest absolute Gasteiger partial charge is 0.383 e. The van der Waals surface area contributed by atoms with Crippen LogP contribution in [0.1, 0.15) is 19.0 Å². The molecule has 0 unspecified atom stereocenters. The molecule has 3 nitrogen and oxygen atoms in total. The Balaban J connectivity index is 2.07. The highest BCUT2D eigenvalue weighted by atomic mass is 14.9. The number of rotatable bonds is 6. The first-order valence-corrected chi connectivity index (χ1v) is 6.62. The fourth-order valence-corrected chi connectivity index (χ4v) is 2.04. The van der Waals surface area contributed by atoms with E-state index in [2.05, 4.69) is 46.8 Å². The summed E-state index contributed by atoms with van der Waals surface area (Å²) in [7, 11) is 0. The van der Waals surface area contributed by atoms with Gasteiger partial charge >= 0.3 is 0 Å². The van der Waals surface area contributed by atoms with Crippen LogP contribution in [-0.2, 0) is 0 Å². The molecule has 0 bridgehead atoms. The molecular weight excluding hydrogens is 222 g/mol. The molecule has 18 heavy (non-hydrogen) atoms. The second-order valence-electron chi connectivity index (χ2n) is 4.51. The van der Waals surface area contributed by atoms with Crippen LogP contribution in [0.15, 0.2) is 30.3 Å². The van der Waals surface area contributed by atoms with Gasteiger partial charge < -0.3 is 10.6 Å². The summed E-state index contributed by atoms with van der Waals surface area (Å²) in [6.07, 6.45) is 1.18. The van der Waals surface area contributed by atoms with E-state index in [-0.39, 0.29) is 0 Å². The molecule has 1 aromatic heterocycles. The predicted molar refractivity (Wildman–Crippen MR) is 78.1 cm³/mol. The SMILES string of the molecule is CCCNCCNc1cc(C)nc2ccccc12. The van der Waals surface area contributed by atoms with E-state index in [0.717, 1.165) is 30.8 Å². The van der Waals surface area contributed by atoms with Gasteiger partial charge in [-0.3, -0.25) is 4.98 Å². The van der Waals surface area contributed by atoms with E-state index >= 15 is 0 Å². The van der Waals surface area contributed by atoms with Crippen molar-refractivity contribution in [3.8, 4) is 0 Å². The zero-order valence-corrected chi connectivity index (χ0v) is 11.2. The highest BCUT2D eigenvalue weighted by Crippen LogP contribution is 2.22. The van der Waals surface area contributed by atoms with E-state index in [1.54, 1.807) is 0 Å². The Morgan fingerprint density at radius 2 is 1.94 bits per heavy atom. The van der Waals surface area contributed by atoms with Crippen LogP contribution in [0.2, 0.25) is 0 Å². The number of para-hydroxylation sites is 1. The van der Waals surface area contributed by atoms with Gasteiger partial charge in [-0.25, -0.2) is 0 Å². The number of hydrogen-bond acceptors (Lipinski definition) is 3. The number of benzene rings is 1. The number of aromatic nitrogens is 1. The van der Waals surface area contributed by atoms with Crippen molar-refractivity contribution in [3.05, 3.63) is 36.0 Å². The summed E-state index contributed by atoms with van der Waals surface area (Å²) < 4.78 is 0. The molecule has 2 aromatic rings. The van der Waals surface area contributed by atoms with E-state index in [1.807, 2.05) is 13.0 Å². The topological polar surface area (TPSA) is 37.0 Å². The van der Waals surface area contributed by atoms with Crippen LogP contribution in [-0.4, -0.2) is 24.6 Å². The van der Waals surface area contributed by atoms with Crippen molar-refractivity contribution < 1.29 is 0 Å². The molecule has 1 aromatic carbocycles. The van der Waals surface area contributed by atoms with Gasteiger partial charge in [0, 0.05) is 29.9 Å². The van der Waals surface area contributed by atoms with Crippen LogP contribution in [0, 0.1) is 6.92 Å². The van der Waals surface area contributed by atoms with Gasteiger partial charge in [0.1, 0.15) is 0 Å². The second-order valence-corrected chi connectivity index (χ2v) is 4.51. The highest BCUT2D eigenvalue weighted by molar-refractivity contribution is 5.91. The molecule has 2 N–H and O–H groups in total. The summed E-state index contributed by atoms with van der Waals surface area (Å²) >= 11 is 0.